The van der Waals surface area contributed by atoms with Gasteiger partial charge in [0.1, 0.15) is 6.17 Å². The van der Waals surface area contributed by atoms with E-state index < -0.39 is 0 Å². The Morgan fingerprint density at radius 1 is 1.22 bits per heavy atom. The van der Waals surface area contributed by atoms with Crippen molar-refractivity contribution in [3.8, 4) is 0 Å². The van der Waals surface area contributed by atoms with Crippen molar-refractivity contribution in [2.45, 2.75) is 12.7 Å². The molecule has 4 N–H and O–H groups in total. The Labute approximate surface area is 111 Å². The number of nitrogens with one attached hydrogen (secondary N) is 4. The zero-order valence-electron chi connectivity index (χ0n) is 9.40. The van der Waals surface area contributed by atoms with Gasteiger partial charge in [0, 0.05) is 22.1 Å². The molecular weight excluding hydrogens is 298 g/mol. The van der Waals surface area contributed by atoms with Crippen molar-refractivity contribution < 1.29 is 0 Å². The Bertz CT molecular complexity index is 635. The number of nitrogens with zero attached hydrogens (tertiary/aromatic N) is 1. The lowest BCUT2D eigenvalue weighted by Gasteiger charge is -2.14. The molecule has 1 aliphatic rings. The monoisotopic (exact) mass is 309 g/mol. The molecule has 0 saturated carbocycles. The van der Waals surface area contributed by atoms with Gasteiger partial charge >= 0.3 is 0 Å². The highest BCUT2D eigenvalue weighted by Crippen LogP contribution is 2.17. The molecule has 1 aromatic heterocycles. The van der Waals surface area contributed by atoms with Gasteiger partial charge in [-0.2, -0.15) is 11.1 Å². The molecule has 94 valence electrons. The summed E-state index contributed by atoms with van der Waals surface area (Å²) < 4.78 is 2.94. The molecule has 0 radical (unpaired) electrons. The van der Waals surface area contributed by atoms with Crippen LogP contribution in [0.15, 0.2) is 39.7 Å². The van der Waals surface area contributed by atoms with Crippen molar-refractivity contribution in [2.24, 2.45) is 0 Å². The molecule has 18 heavy (non-hydrogen) atoms. The summed E-state index contributed by atoms with van der Waals surface area (Å²) in [5.74, 6) is 0. The summed E-state index contributed by atoms with van der Waals surface area (Å²) in [6.07, 6.45) is 1.86. The van der Waals surface area contributed by atoms with Crippen molar-refractivity contribution in [3.63, 3.8) is 0 Å². The summed E-state index contributed by atoms with van der Waals surface area (Å²) in [5, 5.41) is 0.714. The first-order valence-corrected chi connectivity index (χ1v) is 6.33. The van der Waals surface area contributed by atoms with Crippen LogP contribution in [0.2, 0.25) is 0 Å². The van der Waals surface area contributed by atoms with Crippen LogP contribution >= 0.6 is 15.9 Å². The summed E-state index contributed by atoms with van der Waals surface area (Å²) in [7, 11) is 0. The molecule has 3 rings (SSSR count). The van der Waals surface area contributed by atoms with Crippen LogP contribution in [0.4, 0.5) is 0 Å². The number of rotatable bonds is 2. The Morgan fingerprint density at radius 2 is 2.00 bits per heavy atom. The molecular formula is C11H12BrN5O. The van der Waals surface area contributed by atoms with Crippen LogP contribution in [-0.4, -0.2) is 10.7 Å². The van der Waals surface area contributed by atoms with E-state index in [1.54, 1.807) is 12.3 Å². The van der Waals surface area contributed by atoms with Gasteiger partial charge in [-0.1, -0.05) is 15.9 Å². The summed E-state index contributed by atoms with van der Waals surface area (Å²) >= 11 is 3.39. The van der Waals surface area contributed by atoms with Crippen LogP contribution in [0.1, 0.15) is 0 Å². The third kappa shape index (κ3) is 2.18. The van der Waals surface area contributed by atoms with Gasteiger partial charge in [-0.3, -0.25) is 4.79 Å². The summed E-state index contributed by atoms with van der Waals surface area (Å²) in [4.78, 5) is 11.8. The number of benzene rings is 1. The minimum absolute atomic E-state index is 0.0335. The molecule has 6 nitrogen and oxygen atoms in total. The molecule has 0 aliphatic carbocycles. The molecule has 0 spiro atoms. The Balaban J connectivity index is 2.06. The predicted molar refractivity (Wildman–Crippen MR) is 72.2 cm³/mol. The second kappa shape index (κ2) is 4.79. The first-order chi connectivity index (χ1) is 8.74. The van der Waals surface area contributed by atoms with Gasteiger partial charge in [0.2, 0.25) is 0 Å². The van der Waals surface area contributed by atoms with Crippen LogP contribution < -0.4 is 27.3 Å². The number of hydrazine groups is 3. The number of aromatic nitrogens is 1. The number of hydrogen-bond acceptors (Lipinski definition) is 5. The molecule has 0 atom stereocenters. The van der Waals surface area contributed by atoms with Crippen molar-refractivity contribution in [1.82, 2.24) is 26.5 Å². The fourth-order valence-electron chi connectivity index (χ4n) is 2.01. The largest absolute Gasteiger partial charge is 0.344 e. The van der Waals surface area contributed by atoms with Crippen LogP contribution in [-0.2, 0) is 6.54 Å². The molecule has 0 bridgehead atoms. The number of pyridine rings is 1. The van der Waals surface area contributed by atoms with Crippen LogP contribution in [0, 0.1) is 0 Å². The normalized spacial score (nSPS) is 16.5. The molecule has 1 aromatic carbocycles. The van der Waals surface area contributed by atoms with Gasteiger partial charge in [0.15, 0.2) is 5.43 Å². The van der Waals surface area contributed by atoms with Gasteiger partial charge < -0.3 is 4.57 Å². The molecule has 1 saturated heterocycles. The Morgan fingerprint density at radius 3 is 2.78 bits per heavy atom. The maximum atomic E-state index is 11.8. The topological polar surface area (TPSA) is 70.1 Å². The summed E-state index contributed by atoms with van der Waals surface area (Å²) in [5.41, 5.74) is 12.5. The lowest BCUT2D eigenvalue weighted by Crippen LogP contribution is -2.38. The fraction of sp³-hybridized carbons (Fsp3) is 0.182. The molecule has 0 amide bonds. The summed E-state index contributed by atoms with van der Waals surface area (Å²) in [6.45, 7) is 0.693. The lowest BCUT2D eigenvalue weighted by atomic mass is 10.2. The van der Waals surface area contributed by atoms with Crippen molar-refractivity contribution >= 4 is 26.8 Å². The average Bonchev–Trinajstić information content (AvgIpc) is 2.86. The predicted octanol–water partition coefficient (Wildman–Crippen LogP) is 0.207. The van der Waals surface area contributed by atoms with Crippen LogP contribution in [0.25, 0.3) is 10.9 Å². The maximum absolute atomic E-state index is 11.8. The highest BCUT2D eigenvalue weighted by Gasteiger charge is 2.13. The first kappa shape index (κ1) is 11.8. The number of hydrogen-bond donors (Lipinski definition) is 4. The van der Waals surface area contributed by atoms with Gasteiger partial charge in [-0.15, -0.1) is 0 Å². The first-order valence-electron chi connectivity index (χ1n) is 5.54. The van der Waals surface area contributed by atoms with Crippen LogP contribution in [0.5, 0.6) is 0 Å². The zero-order chi connectivity index (χ0) is 12.5. The highest BCUT2D eigenvalue weighted by atomic mass is 79.9. The summed E-state index contributed by atoms with van der Waals surface area (Å²) in [6, 6.07) is 7.31. The molecule has 1 aliphatic heterocycles. The standard InChI is InChI=1S/C11H12BrN5O/c12-7-1-2-9-8(5-7)10(18)3-4-17(9)6-11-13-15-16-14-11/h1-5,11,13-16H,6H2. The highest BCUT2D eigenvalue weighted by molar-refractivity contribution is 9.10. The minimum atomic E-state index is 0.0335. The SMILES string of the molecule is O=c1ccn(CC2NNNN2)c2ccc(Br)cc12. The van der Waals surface area contributed by atoms with Crippen molar-refractivity contribution in [1.29, 1.82) is 0 Å². The fourth-order valence-corrected chi connectivity index (χ4v) is 2.37. The van der Waals surface area contributed by atoms with E-state index in [0.717, 1.165) is 9.99 Å². The molecule has 0 unspecified atom stereocenters. The van der Waals surface area contributed by atoms with Gasteiger partial charge in [0.25, 0.3) is 0 Å². The number of halogens is 1. The third-order valence-electron chi connectivity index (χ3n) is 2.87. The lowest BCUT2D eigenvalue weighted by molar-refractivity contribution is 0.457. The zero-order valence-corrected chi connectivity index (χ0v) is 11.0. The Kier molecular flexibility index (Phi) is 3.14. The quantitative estimate of drug-likeness (QED) is 0.638. The maximum Gasteiger partial charge on any atom is 0.189 e. The van der Waals surface area contributed by atoms with Crippen molar-refractivity contribution in [3.05, 3.63) is 45.2 Å². The second-order valence-corrected chi connectivity index (χ2v) is 5.00. The van der Waals surface area contributed by atoms with E-state index >= 15 is 0 Å². The smallest absolute Gasteiger partial charge is 0.189 e. The third-order valence-corrected chi connectivity index (χ3v) is 3.37. The minimum Gasteiger partial charge on any atom is -0.344 e. The van der Waals surface area contributed by atoms with E-state index in [0.29, 0.717) is 11.9 Å². The average molecular weight is 310 g/mol. The van der Waals surface area contributed by atoms with E-state index in [1.807, 2.05) is 22.8 Å². The van der Waals surface area contributed by atoms with E-state index in [2.05, 4.69) is 37.9 Å². The molecule has 1 fully saturated rings. The van der Waals surface area contributed by atoms with Gasteiger partial charge in [0.05, 0.1) is 12.1 Å². The second-order valence-electron chi connectivity index (χ2n) is 4.09. The van der Waals surface area contributed by atoms with Gasteiger partial charge in [-0.05, 0) is 18.2 Å². The molecule has 2 heterocycles. The van der Waals surface area contributed by atoms with Crippen molar-refractivity contribution in [2.75, 3.05) is 0 Å². The van der Waals surface area contributed by atoms with E-state index in [-0.39, 0.29) is 11.6 Å². The van der Waals surface area contributed by atoms with E-state index in [1.165, 1.54) is 0 Å². The van der Waals surface area contributed by atoms with E-state index in [9.17, 15) is 4.79 Å². The molecule has 2 aromatic rings. The van der Waals surface area contributed by atoms with Gasteiger partial charge in [-0.25, -0.2) is 10.9 Å². The van der Waals surface area contributed by atoms with E-state index in [4.69, 9.17) is 0 Å². The van der Waals surface area contributed by atoms with Crippen LogP contribution in [0.3, 0.4) is 0 Å². The molecule has 7 heteroatoms. The Hall–Kier alpha value is -1.25. The number of fused-ring (bicyclic) bond motifs is 1.